The van der Waals surface area contributed by atoms with Gasteiger partial charge >= 0.3 is 6.09 Å². The Bertz CT molecular complexity index is 1090. The third-order valence-corrected chi connectivity index (χ3v) is 6.62. The van der Waals surface area contributed by atoms with E-state index in [4.69, 9.17) is 9.47 Å². The van der Waals surface area contributed by atoms with Crippen LogP contribution in [0.2, 0.25) is 0 Å². The number of methoxy groups -OCH3 is 2. The summed E-state index contributed by atoms with van der Waals surface area (Å²) in [7, 11) is -1.31. The first kappa shape index (κ1) is 23.4. The fourth-order valence-electron chi connectivity index (χ4n) is 3.47. The van der Waals surface area contributed by atoms with Gasteiger partial charge in [-0.25, -0.2) is 13.2 Å². The fraction of sp³-hybridized carbons (Fsp3) is 0.364. The number of ether oxygens (including phenoxy) is 2. The first-order valence-electron chi connectivity index (χ1n) is 10.1. The smallest absolute Gasteiger partial charge is 0.409 e. The molecule has 1 saturated heterocycles. The summed E-state index contributed by atoms with van der Waals surface area (Å²) in [5, 5.41) is 0. The standard InChI is InChI=1S/C22H27N3O6S/c1-16-5-8-18(9-6-16)23-32(28,29)20-15-17(7-10-19(20)30-2)21(26)24-11-4-12-25(14-13-24)22(27)31-3/h5-10,15,23H,4,11-14H2,1-3H3. The van der Waals surface area contributed by atoms with Crippen LogP contribution >= 0.6 is 0 Å². The number of carbonyl (C=O) groups excluding carboxylic acids is 2. The number of hydrogen-bond donors (Lipinski definition) is 1. The number of amides is 2. The Morgan fingerprint density at radius 1 is 0.938 bits per heavy atom. The van der Waals surface area contributed by atoms with Gasteiger partial charge in [-0.05, 0) is 43.7 Å². The van der Waals surface area contributed by atoms with E-state index in [-0.39, 0.29) is 22.1 Å². The van der Waals surface area contributed by atoms with Crippen molar-refractivity contribution in [3.05, 3.63) is 53.6 Å². The van der Waals surface area contributed by atoms with Crippen molar-refractivity contribution < 1.29 is 27.5 Å². The molecule has 1 fully saturated rings. The van der Waals surface area contributed by atoms with E-state index >= 15 is 0 Å². The van der Waals surface area contributed by atoms with Crippen LogP contribution in [0, 0.1) is 6.92 Å². The third-order valence-electron chi connectivity index (χ3n) is 5.22. The normalized spacial score (nSPS) is 14.5. The van der Waals surface area contributed by atoms with Gasteiger partial charge in [0.1, 0.15) is 10.6 Å². The van der Waals surface area contributed by atoms with Gasteiger partial charge in [0.25, 0.3) is 15.9 Å². The second-order valence-corrected chi connectivity index (χ2v) is 9.09. The maximum atomic E-state index is 13.1. The van der Waals surface area contributed by atoms with Crippen molar-refractivity contribution in [2.24, 2.45) is 0 Å². The van der Waals surface area contributed by atoms with Crippen LogP contribution in [0.25, 0.3) is 0 Å². The number of rotatable bonds is 5. The van der Waals surface area contributed by atoms with Crippen LogP contribution in [-0.4, -0.2) is 70.6 Å². The van der Waals surface area contributed by atoms with Gasteiger partial charge in [0, 0.05) is 37.4 Å². The van der Waals surface area contributed by atoms with Crippen LogP contribution in [0.3, 0.4) is 0 Å². The molecule has 172 valence electrons. The minimum Gasteiger partial charge on any atom is -0.495 e. The highest BCUT2D eigenvalue weighted by molar-refractivity contribution is 7.92. The number of nitrogens with zero attached hydrogens (tertiary/aromatic N) is 2. The zero-order chi connectivity index (χ0) is 23.3. The zero-order valence-corrected chi connectivity index (χ0v) is 19.1. The summed E-state index contributed by atoms with van der Waals surface area (Å²) in [4.78, 5) is 27.9. The van der Waals surface area contributed by atoms with E-state index in [2.05, 4.69) is 4.72 Å². The fourth-order valence-corrected chi connectivity index (χ4v) is 4.72. The second kappa shape index (κ2) is 9.90. The predicted octanol–water partition coefficient (Wildman–Crippen LogP) is 2.72. The molecular weight excluding hydrogens is 434 g/mol. The van der Waals surface area contributed by atoms with Crippen molar-refractivity contribution in [3.8, 4) is 5.75 Å². The van der Waals surface area contributed by atoms with E-state index in [1.165, 1.54) is 32.4 Å². The van der Waals surface area contributed by atoms with E-state index in [0.29, 0.717) is 38.3 Å². The summed E-state index contributed by atoms with van der Waals surface area (Å²) in [6.07, 6.45) is 0.163. The maximum absolute atomic E-state index is 13.1. The highest BCUT2D eigenvalue weighted by Gasteiger charge is 2.26. The molecule has 0 saturated carbocycles. The summed E-state index contributed by atoms with van der Waals surface area (Å²) in [5.41, 5.74) is 1.63. The van der Waals surface area contributed by atoms with E-state index < -0.39 is 16.1 Å². The van der Waals surface area contributed by atoms with Gasteiger partial charge in [-0.3, -0.25) is 9.52 Å². The molecular formula is C22H27N3O6S. The van der Waals surface area contributed by atoms with Crippen LogP contribution in [0.4, 0.5) is 10.5 Å². The number of aryl methyl sites for hydroxylation is 1. The largest absolute Gasteiger partial charge is 0.495 e. The van der Waals surface area contributed by atoms with Crippen LogP contribution < -0.4 is 9.46 Å². The quantitative estimate of drug-likeness (QED) is 0.734. The molecule has 32 heavy (non-hydrogen) atoms. The van der Waals surface area contributed by atoms with Gasteiger partial charge in [-0.1, -0.05) is 17.7 Å². The average molecular weight is 462 g/mol. The first-order chi connectivity index (χ1) is 15.2. The average Bonchev–Trinajstić information content (AvgIpc) is 3.05. The molecule has 1 heterocycles. The Labute approximate surface area is 188 Å². The molecule has 1 N–H and O–H groups in total. The lowest BCUT2D eigenvalue weighted by Gasteiger charge is -2.22. The van der Waals surface area contributed by atoms with Crippen molar-refractivity contribution in [2.45, 2.75) is 18.2 Å². The van der Waals surface area contributed by atoms with Crippen LogP contribution in [0.5, 0.6) is 5.75 Å². The first-order valence-corrected chi connectivity index (χ1v) is 11.6. The number of carbonyl (C=O) groups is 2. The molecule has 1 aliphatic heterocycles. The lowest BCUT2D eigenvalue weighted by atomic mass is 10.2. The van der Waals surface area contributed by atoms with Crippen molar-refractivity contribution in [1.82, 2.24) is 9.80 Å². The molecule has 2 amide bonds. The number of sulfonamides is 1. The number of hydrogen-bond acceptors (Lipinski definition) is 6. The molecule has 0 aliphatic carbocycles. The Morgan fingerprint density at radius 3 is 2.25 bits per heavy atom. The van der Waals surface area contributed by atoms with Crippen molar-refractivity contribution in [1.29, 1.82) is 0 Å². The lowest BCUT2D eigenvalue weighted by Crippen LogP contribution is -2.37. The zero-order valence-electron chi connectivity index (χ0n) is 18.3. The Kier molecular flexibility index (Phi) is 7.24. The van der Waals surface area contributed by atoms with Gasteiger partial charge in [0.15, 0.2) is 0 Å². The van der Waals surface area contributed by atoms with Gasteiger partial charge in [0.05, 0.1) is 14.2 Å². The molecule has 0 unspecified atom stereocenters. The molecule has 2 aromatic carbocycles. The SMILES string of the molecule is COC(=O)N1CCCN(C(=O)c2ccc(OC)c(S(=O)(=O)Nc3ccc(C)cc3)c2)CC1. The third kappa shape index (κ3) is 5.31. The second-order valence-electron chi connectivity index (χ2n) is 7.44. The summed E-state index contributed by atoms with van der Waals surface area (Å²) >= 11 is 0. The van der Waals surface area contributed by atoms with Gasteiger partial charge in [0.2, 0.25) is 0 Å². The molecule has 0 radical (unpaired) electrons. The van der Waals surface area contributed by atoms with E-state index in [0.717, 1.165) is 5.56 Å². The van der Waals surface area contributed by atoms with Crippen LogP contribution in [-0.2, 0) is 14.8 Å². The molecule has 1 aliphatic rings. The minimum absolute atomic E-state index is 0.127. The number of anilines is 1. The molecule has 0 atom stereocenters. The summed E-state index contributed by atoms with van der Waals surface area (Å²) in [5.74, 6) is -0.181. The highest BCUT2D eigenvalue weighted by atomic mass is 32.2. The number of benzene rings is 2. The minimum atomic E-state index is -4.00. The van der Waals surface area contributed by atoms with Gasteiger partial charge < -0.3 is 19.3 Å². The summed E-state index contributed by atoms with van der Waals surface area (Å²) in [6, 6.07) is 11.3. The van der Waals surface area contributed by atoms with E-state index in [1.807, 2.05) is 6.92 Å². The molecule has 10 heteroatoms. The topological polar surface area (TPSA) is 105 Å². The number of nitrogens with one attached hydrogen (secondary N) is 1. The van der Waals surface area contributed by atoms with Crippen molar-refractivity contribution in [3.63, 3.8) is 0 Å². The Hall–Kier alpha value is -3.27. The van der Waals surface area contributed by atoms with E-state index in [9.17, 15) is 18.0 Å². The van der Waals surface area contributed by atoms with Crippen molar-refractivity contribution >= 4 is 27.7 Å². The van der Waals surface area contributed by atoms with Crippen LogP contribution in [0.15, 0.2) is 47.4 Å². The molecule has 2 aromatic rings. The molecule has 0 spiro atoms. The summed E-state index contributed by atoms with van der Waals surface area (Å²) < 4.78 is 38.6. The summed E-state index contributed by atoms with van der Waals surface area (Å²) in [6.45, 7) is 3.50. The maximum Gasteiger partial charge on any atom is 0.409 e. The van der Waals surface area contributed by atoms with Crippen LogP contribution in [0.1, 0.15) is 22.3 Å². The Morgan fingerprint density at radius 2 is 1.59 bits per heavy atom. The highest BCUT2D eigenvalue weighted by Crippen LogP contribution is 2.28. The molecule has 0 bridgehead atoms. The van der Waals surface area contributed by atoms with E-state index in [1.54, 1.807) is 34.1 Å². The van der Waals surface area contributed by atoms with Gasteiger partial charge in [-0.2, -0.15) is 0 Å². The molecule has 9 nitrogen and oxygen atoms in total. The molecule has 0 aromatic heterocycles. The Balaban J connectivity index is 1.84. The van der Waals surface area contributed by atoms with Gasteiger partial charge in [-0.15, -0.1) is 0 Å². The van der Waals surface area contributed by atoms with Crippen molar-refractivity contribution in [2.75, 3.05) is 45.1 Å². The lowest BCUT2D eigenvalue weighted by molar-refractivity contribution is 0.0757. The monoisotopic (exact) mass is 461 g/mol. The predicted molar refractivity (Wildman–Crippen MR) is 119 cm³/mol. The molecule has 3 rings (SSSR count).